The van der Waals surface area contributed by atoms with Crippen LogP contribution in [0.15, 0.2) is 66.0 Å². The normalized spacial score (nSPS) is 15.0. The van der Waals surface area contributed by atoms with E-state index in [9.17, 15) is 4.79 Å². The van der Waals surface area contributed by atoms with Crippen LogP contribution >= 0.6 is 11.3 Å². The fourth-order valence-electron chi connectivity index (χ4n) is 4.57. The Balaban J connectivity index is 1.40. The Kier molecular flexibility index (Phi) is 8.66. The zero-order valence-electron chi connectivity index (χ0n) is 20.9. The van der Waals surface area contributed by atoms with Crippen molar-refractivity contribution in [2.24, 2.45) is 0 Å². The fourth-order valence-corrected chi connectivity index (χ4v) is 5.39. The number of piperazine rings is 1. The summed E-state index contributed by atoms with van der Waals surface area (Å²) in [5, 5.41) is 2.10. The second-order valence-electron chi connectivity index (χ2n) is 8.94. The van der Waals surface area contributed by atoms with Gasteiger partial charge in [0.1, 0.15) is 11.5 Å². The van der Waals surface area contributed by atoms with Gasteiger partial charge in [-0.15, -0.1) is 11.3 Å². The molecular formula is C28H35N3O3S. The summed E-state index contributed by atoms with van der Waals surface area (Å²) in [5.74, 6) is 1.90. The van der Waals surface area contributed by atoms with E-state index in [0.717, 1.165) is 55.3 Å². The van der Waals surface area contributed by atoms with Gasteiger partial charge in [-0.2, -0.15) is 0 Å². The molecule has 0 aliphatic carbocycles. The van der Waals surface area contributed by atoms with Crippen LogP contribution in [0.3, 0.4) is 0 Å². The van der Waals surface area contributed by atoms with E-state index in [2.05, 4.69) is 40.3 Å². The molecule has 1 aromatic heterocycles. The van der Waals surface area contributed by atoms with Crippen molar-refractivity contribution in [1.29, 1.82) is 0 Å². The van der Waals surface area contributed by atoms with E-state index in [-0.39, 0.29) is 11.9 Å². The molecule has 1 aliphatic rings. The number of rotatable bonds is 10. The maximum atomic E-state index is 13.6. The fraction of sp³-hybridized carbons (Fsp3) is 0.393. The third kappa shape index (κ3) is 6.55. The standard InChI is InChI=1S/C28H35N3O3S/c1-22(19-25-7-6-18-35-25)31(20-23-10-12-24(33-2)13-11-23)28(32)21-29-14-16-30(17-15-29)26-8-4-5-9-27(26)34-3/h4-13,18,22H,14-17,19-21H2,1-3H3/t22-/m1/s1. The van der Waals surface area contributed by atoms with Crippen LogP contribution in [0.5, 0.6) is 11.5 Å². The second kappa shape index (κ2) is 12.1. The minimum Gasteiger partial charge on any atom is -0.497 e. The molecule has 186 valence electrons. The van der Waals surface area contributed by atoms with Gasteiger partial charge in [0.05, 0.1) is 26.5 Å². The van der Waals surface area contributed by atoms with Gasteiger partial charge in [-0.25, -0.2) is 0 Å². The topological polar surface area (TPSA) is 45.2 Å². The molecule has 0 spiro atoms. The minimum atomic E-state index is 0.109. The van der Waals surface area contributed by atoms with Gasteiger partial charge in [-0.3, -0.25) is 9.69 Å². The number of methoxy groups -OCH3 is 2. The minimum absolute atomic E-state index is 0.109. The molecule has 3 aromatic rings. The molecule has 0 unspecified atom stereocenters. The van der Waals surface area contributed by atoms with Gasteiger partial charge in [0, 0.05) is 50.1 Å². The molecule has 0 N–H and O–H groups in total. The number of hydrogen-bond acceptors (Lipinski definition) is 6. The number of nitrogens with zero attached hydrogens (tertiary/aromatic N) is 3. The van der Waals surface area contributed by atoms with Crippen LogP contribution in [0.1, 0.15) is 17.4 Å². The summed E-state index contributed by atoms with van der Waals surface area (Å²) in [4.78, 5) is 21.5. The van der Waals surface area contributed by atoms with Crippen LogP contribution in [0.4, 0.5) is 5.69 Å². The van der Waals surface area contributed by atoms with Gasteiger partial charge >= 0.3 is 0 Å². The van der Waals surface area contributed by atoms with Crippen molar-refractivity contribution in [3.8, 4) is 11.5 Å². The summed E-state index contributed by atoms with van der Waals surface area (Å²) in [7, 11) is 3.38. The van der Waals surface area contributed by atoms with E-state index in [4.69, 9.17) is 9.47 Å². The van der Waals surface area contributed by atoms with E-state index < -0.39 is 0 Å². The third-order valence-electron chi connectivity index (χ3n) is 6.60. The zero-order chi connectivity index (χ0) is 24.6. The lowest BCUT2D eigenvalue weighted by Crippen LogP contribution is -2.51. The molecule has 1 fully saturated rings. The molecule has 0 saturated carbocycles. The number of amides is 1. The van der Waals surface area contributed by atoms with E-state index >= 15 is 0 Å². The Bertz CT molecular complexity index is 1060. The number of carbonyl (C=O) groups excluding carboxylic acids is 1. The summed E-state index contributed by atoms with van der Waals surface area (Å²) in [5.41, 5.74) is 2.23. The molecule has 7 heteroatoms. The lowest BCUT2D eigenvalue weighted by atomic mass is 10.1. The van der Waals surface area contributed by atoms with Crippen LogP contribution in [0, 0.1) is 0 Å². The quantitative estimate of drug-likeness (QED) is 0.415. The van der Waals surface area contributed by atoms with E-state index in [0.29, 0.717) is 13.1 Å². The Morgan fingerprint density at radius 3 is 2.37 bits per heavy atom. The first kappa shape index (κ1) is 25.1. The molecule has 2 heterocycles. The number of ether oxygens (including phenoxy) is 2. The Labute approximate surface area is 212 Å². The summed E-state index contributed by atoms with van der Waals surface area (Å²) < 4.78 is 10.8. The molecule has 6 nitrogen and oxygen atoms in total. The largest absolute Gasteiger partial charge is 0.497 e. The average molecular weight is 494 g/mol. The highest BCUT2D eigenvalue weighted by Gasteiger charge is 2.26. The monoisotopic (exact) mass is 493 g/mol. The molecule has 0 radical (unpaired) electrons. The zero-order valence-corrected chi connectivity index (χ0v) is 21.7. The first-order chi connectivity index (χ1) is 17.1. The highest BCUT2D eigenvalue weighted by atomic mass is 32.1. The van der Waals surface area contributed by atoms with Crippen LogP contribution in [-0.4, -0.2) is 68.7 Å². The van der Waals surface area contributed by atoms with Crippen molar-refractivity contribution in [1.82, 2.24) is 9.80 Å². The summed E-state index contributed by atoms with van der Waals surface area (Å²) >= 11 is 1.75. The van der Waals surface area contributed by atoms with Gasteiger partial charge in [0.15, 0.2) is 0 Å². The van der Waals surface area contributed by atoms with E-state index in [1.54, 1.807) is 25.6 Å². The van der Waals surface area contributed by atoms with Gasteiger partial charge in [0.25, 0.3) is 0 Å². The van der Waals surface area contributed by atoms with Gasteiger partial charge in [-0.05, 0) is 48.2 Å². The van der Waals surface area contributed by atoms with E-state index in [1.807, 2.05) is 47.4 Å². The molecular weight excluding hydrogens is 458 g/mol. The summed E-state index contributed by atoms with van der Waals surface area (Å²) in [6.45, 7) is 6.62. The molecule has 1 amide bonds. The first-order valence-corrected chi connectivity index (χ1v) is 13.0. The molecule has 4 rings (SSSR count). The van der Waals surface area contributed by atoms with E-state index in [1.165, 1.54) is 4.88 Å². The van der Waals surface area contributed by atoms with Crippen molar-refractivity contribution < 1.29 is 14.3 Å². The molecule has 2 aromatic carbocycles. The van der Waals surface area contributed by atoms with Crippen LogP contribution in [0.2, 0.25) is 0 Å². The molecule has 35 heavy (non-hydrogen) atoms. The number of thiophene rings is 1. The van der Waals surface area contributed by atoms with Crippen LogP contribution in [-0.2, 0) is 17.8 Å². The van der Waals surface area contributed by atoms with Crippen molar-refractivity contribution in [3.05, 3.63) is 76.5 Å². The average Bonchev–Trinajstić information content (AvgIpc) is 3.41. The Morgan fingerprint density at radius 1 is 0.971 bits per heavy atom. The third-order valence-corrected chi connectivity index (χ3v) is 7.50. The number of benzene rings is 2. The lowest BCUT2D eigenvalue weighted by Gasteiger charge is -2.38. The lowest BCUT2D eigenvalue weighted by molar-refractivity contribution is -0.135. The highest BCUT2D eigenvalue weighted by Crippen LogP contribution is 2.28. The molecule has 1 atom stereocenters. The number of anilines is 1. The van der Waals surface area contributed by atoms with Gasteiger partial charge < -0.3 is 19.3 Å². The van der Waals surface area contributed by atoms with Crippen molar-refractivity contribution in [2.45, 2.75) is 25.9 Å². The molecule has 1 saturated heterocycles. The number of hydrogen-bond donors (Lipinski definition) is 0. The van der Waals surface area contributed by atoms with Crippen molar-refractivity contribution in [2.75, 3.05) is 51.8 Å². The smallest absolute Gasteiger partial charge is 0.237 e. The second-order valence-corrected chi connectivity index (χ2v) is 9.97. The van der Waals surface area contributed by atoms with Crippen LogP contribution in [0.25, 0.3) is 0 Å². The predicted octanol–water partition coefficient (Wildman–Crippen LogP) is 4.55. The van der Waals surface area contributed by atoms with Crippen molar-refractivity contribution >= 4 is 22.9 Å². The Morgan fingerprint density at radius 2 is 1.71 bits per heavy atom. The first-order valence-electron chi connectivity index (χ1n) is 12.1. The van der Waals surface area contributed by atoms with Gasteiger partial charge in [0.2, 0.25) is 5.91 Å². The molecule has 1 aliphatic heterocycles. The molecule has 0 bridgehead atoms. The Hall–Kier alpha value is -3.03. The van der Waals surface area contributed by atoms with Crippen LogP contribution < -0.4 is 14.4 Å². The summed E-state index contributed by atoms with van der Waals surface area (Å²) in [6.07, 6.45) is 0.862. The van der Waals surface area contributed by atoms with Crippen molar-refractivity contribution in [3.63, 3.8) is 0 Å². The number of carbonyl (C=O) groups is 1. The maximum absolute atomic E-state index is 13.6. The number of para-hydroxylation sites is 2. The highest BCUT2D eigenvalue weighted by molar-refractivity contribution is 7.09. The summed E-state index contributed by atoms with van der Waals surface area (Å²) in [6, 6.07) is 20.5. The maximum Gasteiger partial charge on any atom is 0.237 e. The van der Waals surface area contributed by atoms with Gasteiger partial charge in [-0.1, -0.05) is 30.3 Å². The SMILES string of the molecule is COc1ccc(CN(C(=O)CN2CCN(c3ccccc3OC)CC2)[C@H](C)Cc2cccs2)cc1. The predicted molar refractivity (Wildman–Crippen MR) is 143 cm³/mol.